The van der Waals surface area contributed by atoms with Gasteiger partial charge < -0.3 is 5.73 Å². The van der Waals surface area contributed by atoms with E-state index in [4.69, 9.17) is 5.73 Å². The van der Waals surface area contributed by atoms with Crippen LogP contribution in [0.15, 0.2) is 0 Å². The van der Waals surface area contributed by atoms with Crippen molar-refractivity contribution in [2.24, 2.45) is 11.7 Å². The van der Waals surface area contributed by atoms with Gasteiger partial charge in [-0.15, -0.1) is 0 Å². The summed E-state index contributed by atoms with van der Waals surface area (Å²) in [7, 11) is 0. The van der Waals surface area contributed by atoms with Gasteiger partial charge in [0.1, 0.15) is 0 Å². The second-order valence-corrected chi connectivity index (χ2v) is 2.52. The SMILES string of the molecule is C[C@@H]1CCN(C(N)=O)C1=O. The summed E-state index contributed by atoms with van der Waals surface area (Å²) in [4.78, 5) is 22.5. The Bertz CT molecular complexity index is 179. The molecule has 1 aliphatic heterocycles. The first-order valence-electron chi connectivity index (χ1n) is 3.23. The molecule has 0 unspecified atom stereocenters. The van der Waals surface area contributed by atoms with Gasteiger partial charge in [-0.05, 0) is 6.42 Å². The minimum absolute atomic E-state index is 0.0347. The maximum Gasteiger partial charge on any atom is 0.321 e. The van der Waals surface area contributed by atoms with Crippen molar-refractivity contribution in [2.45, 2.75) is 13.3 Å². The minimum Gasteiger partial charge on any atom is -0.351 e. The molecule has 1 atom stereocenters. The molecule has 0 aromatic rings. The Labute approximate surface area is 59.0 Å². The summed E-state index contributed by atoms with van der Waals surface area (Å²) in [6, 6.07) is -0.630. The zero-order chi connectivity index (χ0) is 7.72. The number of hydrogen-bond donors (Lipinski definition) is 1. The molecule has 4 heteroatoms. The van der Waals surface area contributed by atoms with E-state index in [1.165, 1.54) is 0 Å². The van der Waals surface area contributed by atoms with Crippen molar-refractivity contribution in [2.75, 3.05) is 6.54 Å². The Kier molecular flexibility index (Phi) is 1.61. The van der Waals surface area contributed by atoms with Gasteiger partial charge in [0.25, 0.3) is 0 Å². The number of urea groups is 1. The molecule has 0 bridgehead atoms. The van der Waals surface area contributed by atoms with Crippen LogP contribution in [0.3, 0.4) is 0 Å². The van der Waals surface area contributed by atoms with Crippen molar-refractivity contribution in [1.29, 1.82) is 0 Å². The zero-order valence-corrected chi connectivity index (χ0v) is 5.83. The van der Waals surface area contributed by atoms with Crippen LogP contribution in [-0.4, -0.2) is 23.4 Å². The Morgan fingerprint density at radius 2 is 2.40 bits per heavy atom. The molecule has 0 spiro atoms. The quantitative estimate of drug-likeness (QED) is 0.514. The number of rotatable bonds is 0. The van der Waals surface area contributed by atoms with Gasteiger partial charge in [-0.1, -0.05) is 6.92 Å². The number of nitrogens with two attached hydrogens (primary N) is 1. The molecular formula is C6H10N2O2. The van der Waals surface area contributed by atoms with E-state index in [1.54, 1.807) is 6.92 Å². The predicted octanol–water partition coefficient (Wildman–Crippen LogP) is -0.0665. The number of carbonyl (C=O) groups is 2. The van der Waals surface area contributed by atoms with Gasteiger partial charge >= 0.3 is 6.03 Å². The van der Waals surface area contributed by atoms with E-state index in [2.05, 4.69) is 0 Å². The van der Waals surface area contributed by atoms with Crippen LogP contribution >= 0.6 is 0 Å². The fraction of sp³-hybridized carbons (Fsp3) is 0.667. The first kappa shape index (κ1) is 7.05. The number of amides is 3. The molecule has 1 aliphatic rings. The third kappa shape index (κ3) is 0.964. The van der Waals surface area contributed by atoms with Crippen LogP contribution in [0.25, 0.3) is 0 Å². The van der Waals surface area contributed by atoms with Gasteiger partial charge in [0.2, 0.25) is 5.91 Å². The molecule has 1 fully saturated rings. The second-order valence-electron chi connectivity index (χ2n) is 2.52. The van der Waals surface area contributed by atoms with Gasteiger partial charge in [-0.2, -0.15) is 0 Å². The number of hydrogen-bond acceptors (Lipinski definition) is 2. The lowest BCUT2D eigenvalue weighted by molar-refractivity contribution is -0.127. The van der Waals surface area contributed by atoms with E-state index >= 15 is 0 Å². The number of primary amides is 1. The molecule has 0 aromatic heterocycles. The summed E-state index contributed by atoms with van der Waals surface area (Å²) in [6.45, 7) is 2.28. The Hall–Kier alpha value is -1.06. The summed E-state index contributed by atoms with van der Waals surface area (Å²) in [5, 5.41) is 0. The molecule has 2 N–H and O–H groups in total. The van der Waals surface area contributed by atoms with E-state index in [1.807, 2.05) is 0 Å². The normalized spacial score (nSPS) is 25.5. The lowest BCUT2D eigenvalue weighted by Crippen LogP contribution is -2.37. The highest BCUT2D eigenvalue weighted by Crippen LogP contribution is 2.15. The summed E-state index contributed by atoms with van der Waals surface area (Å²) in [6.07, 6.45) is 0.738. The topological polar surface area (TPSA) is 63.4 Å². The number of carbonyl (C=O) groups excluding carboxylic acids is 2. The minimum atomic E-state index is -0.630. The van der Waals surface area contributed by atoms with E-state index in [9.17, 15) is 9.59 Å². The van der Waals surface area contributed by atoms with Crippen LogP contribution in [0.1, 0.15) is 13.3 Å². The number of imide groups is 1. The lowest BCUT2D eigenvalue weighted by Gasteiger charge is -2.08. The summed E-state index contributed by atoms with van der Waals surface area (Å²) < 4.78 is 0. The maximum atomic E-state index is 11.0. The molecule has 1 rings (SSSR count). The fourth-order valence-electron chi connectivity index (χ4n) is 1.04. The van der Waals surface area contributed by atoms with Crippen molar-refractivity contribution in [3.63, 3.8) is 0 Å². The molecule has 56 valence electrons. The smallest absolute Gasteiger partial charge is 0.321 e. The number of nitrogens with zero attached hydrogens (tertiary/aromatic N) is 1. The summed E-state index contributed by atoms with van der Waals surface area (Å²) in [5.74, 6) is -0.181. The van der Waals surface area contributed by atoms with Crippen LogP contribution < -0.4 is 5.73 Å². The zero-order valence-electron chi connectivity index (χ0n) is 5.83. The monoisotopic (exact) mass is 142 g/mol. The van der Waals surface area contributed by atoms with Crippen LogP contribution in [0.4, 0.5) is 4.79 Å². The molecule has 0 radical (unpaired) electrons. The molecule has 4 nitrogen and oxygen atoms in total. The molecule has 3 amide bonds. The summed E-state index contributed by atoms with van der Waals surface area (Å²) in [5.41, 5.74) is 4.92. The largest absolute Gasteiger partial charge is 0.351 e. The Morgan fingerprint density at radius 3 is 2.60 bits per heavy atom. The van der Waals surface area contributed by atoms with Crippen LogP contribution in [-0.2, 0) is 4.79 Å². The highest BCUT2D eigenvalue weighted by Gasteiger charge is 2.30. The molecule has 0 aromatic carbocycles. The predicted molar refractivity (Wildman–Crippen MR) is 35.1 cm³/mol. The van der Waals surface area contributed by atoms with Gasteiger partial charge in [0, 0.05) is 12.5 Å². The van der Waals surface area contributed by atoms with Crippen molar-refractivity contribution in [3.8, 4) is 0 Å². The fourth-order valence-corrected chi connectivity index (χ4v) is 1.04. The van der Waals surface area contributed by atoms with E-state index in [0.717, 1.165) is 11.3 Å². The molecule has 0 saturated carbocycles. The van der Waals surface area contributed by atoms with Crippen molar-refractivity contribution in [1.82, 2.24) is 4.90 Å². The van der Waals surface area contributed by atoms with Gasteiger partial charge in [0.05, 0.1) is 0 Å². The average molecular weight is 142 g/mol. The van der Waals surface area contributed by atoms with E-state index in [-0.39, 0.29) is 11.8 Å². The number of likely N-dealkylation sites (tertiary alicyclic amines) is 1. The Morgan fingerprint density at radius 1 is 1.80 bits per heavy atom. The van der Waals surface area contributed by atoms with Crippen LogP contribution in [0, 0.1) is 5.92 Å². The Balaban J connectivity index is 2.66. The maximum absolute atomic E-state index is 11.0. The first-order chi connectivity index (χ1) is 4.63. The van der Waals surface area contributed by atoms with Gasteiger partial charge in [-0.3, -0.25) is 9.69 Å². The molecule has 1 saturated heterocycles. The van der Waals surface area contributed by atoms with E-state index in [0.29, 0.717) is 6.54 Å². The van der Waals surface area contributed by atoms with Crippen LogP contribution in [0.2, 0.25) is 0 Å². The standard InChI is InChI=1S/C6H10N2O2/c1-4-2-3-8(5(4)9)6(7)10/h4H,2-3H2,1H3,(H2,7,10)/t4-/m1/s1. The third-order valence-corrected chi connectivity index (χ3v) is 1.74. The highest BCUT2D eigenvalue weighted by atomic mass is 16.2. The first-order valence-corrected chi connectivity index (χ1v) is 3.23. The second kappa shape index (κ2) is 2.28. The van der Waals surface area contributed by atoms with Crippen molar-refractivity contribution < 1.29 is 9.59 Å². The van der Waals surface area contributed by atoms with E-state index < -0.39 is 6.03 Å². The lowest BCUT2D eigenvalue weighted by atomic mass is 10.1. The molecular weight excluding hydrogens is 132 g/mol. The average Bonchev–Trinajstić information content (AvgIpc) is 2.14. The molecule has 10 heavy (non-hydrogen) atoms. The van der Waals surface area contributed by atoms with Crippen LogP contribution in [0.5, 0.6) is 0 Å². The summed E-state index contributed by atoms with van der Waals surface area (Å²) >= 11 is 0. The van der Waals surface area contributed by atoms with Gasteiger partial charge in [0.15, 0.2) is 0 Å². The van der Waals surface area contributed by atoms with Crippen molar-refractivity contribution in [3.05, 3.63) is 0 Å². The van der Waals surface area contributed by atoms with Crippen molar-refractivity contribution >= 4 is 11.9 Å². The third-order valence-electron chi connectivity index (χ3n) is 1.74. The molecule has 1 heterocycles. The van der Waals surface area contributed by atoms with Gasteiger partial charge in [-0.25, -0.2) is 4.79 Å². The highest BCUT2D eigenvalue weighted by molar-refractivity contribution is 5.96. The molecule has 0 aliphatic carbocycles.